The zero-order valence-electron chi connectivity index (χ0n) is 10.1. The van der Waals surface area contributed by atoms with Crippen LogP contribution in [0.2, 0.25) is 0 Å². The van der Waals surface area contributed by atoms with Crippen molar-refractivity contribution >= 4 is 5.97 Å². The quantitative estimate of drug-likeness (QED) is 0.530. The van der Waals surface area contributed by atoms with Crippen LogP contribution in [0.15, 0.2) is 12.7 Å². The van der Waals surface area contributed by atoms with Crippen molar-refractivity contribution in [2.45, 2.75) is 58.5 Å². The number of carbonyl (C=O) groups is 1. The minimum Gasteiger partial charge on any atom is -0.481 e. The van der Waals surface area contributed by atoms with Gasteiger partial charge < -0.3 is 10.2 Å². The fraction of sp³-hybridized carbons (Fsp3) is 0.750. The van der Waals surface area contributed by atoms with Crippen molar-refractivity contribution in [3.8, 4) is 0 Å². The number of hydrogen-bond acceptors (Lipinski definition) is 2. The van der Waals surface area contributed by atoms with E-state index in [-0.39, 0.29) is 0 Å². The van der Waals surface area contributed by atoms with Crippen LogP contribution in [0.5, 0.6) is 0 Å². The monoisotopic (exact) mass is 216 g/mol. The summed E-state index contributed by atoms with van der Waals surface area (Å²) in [7, 11) is 0. The summed E-state index contributed by atoms with van der Waals surface area (Å²) in [5.41, 5.74) is -0.645. The summed E-state index contributed by atoms with van der Waals surface area (Å²) < 4.78 is 0. The van der Waals surface area contributed by atoms with E-state index >= 15 is 0 Å². The standard InChI is InChI=1S/C10H20O.C2H4O2/c1-4-6-7-8-9-10(3,11)5-2;1-2(3)4/h5,11H,2,4,6-9H2,1,3H3;1H3,(H,3,4). The first kappa shape index (κ1) is 16.6. The van der Waals surface area contributed by atoms with Crippen molar-refractivity contribution < 1.29 is 15.0 Å². The third kappa shape index (κ3) is 19.5. The van der Waals surface area contributed by atoms with Crippen molar-refractivity contribution in [3.63, 3.8) is 0 Å². The Morgan fingerprint density at radius 2 is 1.87 bits per heavy atom. The van der Waals surface area contributed by atoms with Gasteiger partial charge in [-0.1, -0.05) is 38.7 Å². The highest BCUT2D eigenvalue weighted by Crippen LogP contribution is 2.15. The highest BCUT2D eigenvalue weighted by molar-refractivity contribution is 5.62. The van der Waals surface area contributed by atoms with Gasteiger partial charge in [-0.25, -0.2) is 0 Å². The normalized spacial score (nSPS) is 13.3. The third-order valence-electron chi connectivity index (χ3n) is 1.98. The lowest BCUT2D eigenvalue weighted by Gasteiger charge is -2.17. The highest BCUT2D eigenvalue weighted by atomic mass is 16.4. The Morgan fingerprint density at radius 1 is 1.40 bits per heavy atom. The Hall–Kier alpha value is -0.830. The Balaban J connectivity index is 0. The van der Waals surface area contributed by atoms with Gasteiger partial charge in [-0.05, 0) is 13.3 Å². The molecule has 3 heteroatoms. The molecule has 0 aliphatic rings. The van der Waals surface area contributed by atoms with Gasteiger partial charge in [-0.2, -0.15) is 0 Å². The number of carboxylic acid groups (broad SMARTS) is 1. The predicted octanol–water partition coefficient (Wildman–Crippen LogP) is 2.98. The molecule has 3 nitrogen and oxygen atoms in total. The Kier molecular flexibility index (Phi) is 10.7. The van der Waals surface area contributed by atoms with Gasteiger partial charge in [0.05, 0.1) is 5.60 Å². The van der Waals surface area contributed by atoms with E-state index in [4.69, 9.17) is 9.90 Å². The minimum atomic E-state index is -0.833. The van der Waals surface area contributed by atoms with Crippen molar-refractivity contribution in [2.75, 3.05) is 0 Å². The van der Waals surface area contributed by atoms with E-state index in [0.29, 0.717) is 0 Å². The average Bonchev–Trinajstić information content (AvgIpc) is 2.12. The first-order valence-corrected chi connectivity index (χ1v) is 5.41. The van der Waals surface area contributed by atoms with Crippen LogP contribution >= 0.6 is 0 Å². The van der Waals surface area contributed by atoms with Crippen LogP contribution in [0, 0.1) is 0 Å². The minimum absolute atomic E-state index is 0.645. The lowest BCUT2D eigenvalue weighted by molar-refractivity contribution is -0.134. The second-order valence-electron chi connectivity index (χ2n) is 3.89. The van der Waals surface area contributed by atoms with E-state index in [1.165, 1.54) is 19.3 Å². The molecule has 0 aromatic rings. The van der Waals surface area contributed by atoms with Crippen molar-refractivity contribution in [2.24, 2.45) is 0 Å². The largest absolute Gasteiger partial charge is 0.481 e. The molecule has 0 fully saturated rings. The molecule has 1 unspecified atom stereocenters. The number of unbranched alkanes of at least 4 members (excludes halogenated alkanes) is 3. The van der Waals surface area contributed by atoms with Gasteiger partial charge in [0.1, 0.15) is 0 Å². The maximum absolute atomic E-state index is 9.50. The molecular formula is C12H24O3. The molecule has 0 spiro atoms. The summed E-state index contributed by atoms with van der Waals surface area (Å²) in [5.74, 6) is -0.833. The fourth-order valence-electron chi connectivity index (χ4n) is 1.01. The van der Waals surface area contributed by atoms with Crippen LogP contribution in [0.3, 0.4) is 0 Å². The van der Waals surface area contributed by atoms with Gasteiger partial charge in [0.25, 0.3) is 5.97 Å². The summed E-state index contributed by atoms with van der Waals surface area (Å²) in [6.45, 7) is 8.66. The van der Waals surface area contributed by atoms with E-state index in [9.17, 15) is 5.11 Å². The molecular weight excluding hydrogens is 192 g/mol. The number of aliphatic carboxylic acids is 1. The van der Waals surface area contributed by atoms with Gasteiger partial charge in [0.15, 0.2) is 0 Å². The average molecular weight is 216 g/mol. The van der Waals surface area contributed by atoms with Crippen molar-refractivity contribution in [1.82, 2.24) is 0 Å². The second-order valence-corrected chi connectivity index (χ2v) is 3.89. The van der Waals surface area contributed by atoms with Crippen LogP contribution in [-0.4, -0.2) is 21.8 Å². The van der Waals surface area contributed by atoms with Crippen molar-refractivity contribution in [1.29, 1.82) is 0 Å². The molecule has 0 saturated heterocycles. The number of hydrogen-bond donors (Lipinski definition) is 2. The first-order chi connectivity index (χ1) is 6.85. The molecule has 0 amide bonds. The summed E-state index contributed by atoms with van der Waals surface area (Å²) >= 11 is 0. The molecule has 0 aliphatic carbocycles. The predicted molar refractivity (Wildman–Crippen MR) is 62.9 cm³/mol. The summed E-state index contributed by atoms with van der Waals surface area (Å²) in [6.07, 6.45) is 7.31. The molecule has 0 radical (unpaired) electrons. The lowest BCUT2D eigenvalue weighted by Crippen LogP contribution is -2.19. The van der Waals surface area contributed by atoms with E-state index in [0.717, 1.165) is 19.8 Å². The van der Waals surface area contributed by atoms with Gasteiger partial charge in [-0.15, -0.1) is 6.58 Å². The smallest absolute Gasteiger partial charge is 0.300 e. The second kappa shape index (κ2) is 9.71. The summed E-state index contributed by atoms with van der Waals surface area (Å²) in [6, 6.07) is 0. The summed E-state index contributed by atoms with van der Waals surface area (Å²) in [4.78, 5) is 9.00. The van der Waals surface area contributed by atoms with Crippen LogP contribution in [0.25, 0.3) is 0 Å². The molecule has 0 aliphatic heterocycles. The van der Waals surface area contributed by atoms with Crippen LogP contribution in [-0.2, 0) is 4.79 Å². The van der Waals surface area contributed by atoms with Crippen LogP contribution in [0.4, 0.5) is 0 Å². The molecule has 0 aromatic heterocycles. The van der Waals surface area contributed by atoms with Crippen molar-refractivity contribution in [3.05, 3.63) is 12.7 Å². The Bertz CT molecular complexity index is 170. The number of carboxylic acids is 1. The maximum atomic E-state index is 9.50. The van der Waals surface area contributed by atoms with Gasteiger partial charge in [0, 0.05) is 6.92 Å². The molecule has 0 aromatic carbocycles. The van der Waals surface area contributed by atoms with E-state index in [1.54, 1.807) is 6.08 Å². The number of aliphatic hydroxyl groups is 1. The van der Waals surface area contributed by atoms with Crippen LogP contribution < -0.4 is 0 Å². The molecule has 15 heavy (non-hydrogen) atoms. The van der Waals surface area contributed by atoms with Gasteiger partial charge >= 0.3 is 0 Å². The molecule has 0 bridgehead atoms. The highest BCUT2D eigenvalue weighted by Gasteiger charge is 2.13. The maximum Gasteiger partial charge on any atom is 0.300 e. The summed E-state index contributed by atoms with van der Waals surface area (Å²) in [5, 5.41) is 16.9. The Morgan fingerprint density at radius 3 is 2.20 bits per heavy atom. The van der Waals surface area contributed by atoms with E-state index in [2.05, 4.69) is 13.5 Å². The molecule has 2 N–H and O–H groups in total. The zero-order valence-corrected chi connectivity index (χ0v) is 10.1. The molecule has 1 atom stereocenters. The topological polar surface area (TPSA) is 57.5 Å². The fourth-order valence-corrected chi connectivity index (χ4v) is 1.01. The SMILES string of the molecule is C=CC(C)(O)CCCCCC.CC(=O)O. The molecule has 90 valence electrons. The molecule has 0 heterocycles. The lowest BCUT2D eigenvalue weighted by atomic mass is 9.98. The third-order valence-corrected chi connectivity index (χ3v) is 1.98. The van der Waals surface area contributed by atoms with E-state index in [1.807, 2.05) is 6.92 Å². The Labute approximate surface area is 92.8 Å². The first-order valence-electron chi connectivity index (χ1n) is 5.41. The van der Waals surface area contributed by atoms with Gasteiger partial charge in [-0.3, -0.25) is 4.79 Å². The molecule has 0 rings (SSSR count). The van der Waals surface area contributed by atoms with Gasteiger partial charge in [0.2, 0.25) is 0 Å². The van der Waals surface area contributed by atoms with Crippen LogP contribution in [0.1, 0.15) is 52.9 Å². The zero-order chi connectivity index (χ0) is 12.3. The molecule has 0 saturated carbocycles. The number of rotatable bonds is 6. The van der Waals surface area contributed by atoms with E-state index < -0.39 is 11.6 Å².